The Bertz CT molecular complexity index is 480. The van der Waals surface area contributed by atoms with E-state index < -0.39 is 17.8 Å². The fraction of sp³-hybridized carbons (Fsp3) is 0.308. The Morgan fingerprint density at radius 2 is 1.58 bits per heavy atom. The van der Waals surface area contributed by atoms with Gasteiger partial charge in [0.05, 0.1) is 5.56 Å². The number of aromatic carboxylic acids is 1. The summed E-state index contributed by atoms with van der Waals surface area (Å²) in [7, 11) is 0. The van der Waals surface area contributed by atoms with E-state index in [1.54, 1.807) is 0 Å². The van der Waals surface area contributed by atoms with Gasteiger partial charge in [0.25, 0.3) is 5.91 Å². The molecule has 6 nitrogen and oxygen atoms in total. The zero-order valence-corrected chi connectivity index (χ0v) is 10.5. The van der Waals surface area contributed by atoms with Crippen LogP contribution in [0.1, 0.15) is 34.1 Å². The average Bonchev–Trinajstić information content (AvgIpc) is 2.37. The summed E-state index contributed by atoms with van der Waals surface area (Å²) in [6, 6.07) is 5.41. The van der Waals surface area contributed by atoms with Crippen molar-refractivity contribution >= 4 is 17.8 Å². The summed E-state index contributed by atoms with van der Waals surface area (Å²) in [4.78, 5) is 34.7. The third kappa shape index (κ3) is 4.09. The number of hydrogen-bond donors (Lipinski definition) is 2. The van der Waals surface area contributed by atoms with Gasteiger partial charge in [-0.25, -0.2) is 4.79 Å². The number of carbonyl (C=O) groups excluding carboxylic acids is 1. The molecule has 0 aliphatic rings. The van der Waals surface area contributed by atoms with Crippen LogP contribution in [0.3, 0.4) is 0 Å². The summed E-state index contributed by atoms with van der Waals surface area (Å²) >= 11 is 0. The summed E-state index contributed by atoms with van der Waals surface area (Å²) in [6.45, 7) is 1.81. The molecule has 6 heteroatoms. The first-order valence-electron chi connectivity index (χ1n) is 5.80. The zero-order valence-electron chi connectivity index (χ0n) is 10.5. The Labute approximate surface area is 110 Å². The molecular formula is C13H15NO5. The van der Waals surface area contributed by atoms with Crippen molar-refractivity contribution in [2.45, 2.75) is 13.3 Å². The van der Waals surface area contributed by atoms with Crippen LogP contribution >= 0.6 is 0 Å². The van der Waals surface area contributed by atoms with E-state index in [9.17, 15) is 14.4 Å². The minimum absolute atomic E-state index is 0.0804. The van der Waals surface area contributed by atoms with Crippen LogP contribution in [-0.4, -0.2) is 46.0 Å². The highest BCUT2D eigenvalue weighted by atomic mass is 16.4. The van der Waals surface area contributed by atoms with Crippen molar-refractivity contribution in [1.82, 2.24) is 4.90 Å². The molecule has 102 valence electrons. The van der Waals surface area contributed by atoms with Gasteiger partial charge in [0, 0.05) is 12.1 Å². The van der Waals surface area contributed by atoms with Gasteiger partial charge in [-0.2, -0.15) is 0 Å². The number of benzene rings is 1. The van der Waals surface area contributed by atoms with Crippen molar-refractivity contribution in [2.75, 3.05) is 13.1 Å². The number of rotatable bonds is 6. The van der Waals surface area contributed by atoms with Gasteiger partial charge in [-0.15, -0.1) is 0 Å². The minimum Gasteiger partial charge on any atom is -0.480 e. The van der Waals surface area contributed by atoms with Gasteiger partial charge in [-0.3, -0.25) is 9.59 Å². The molecular weight excluding hydrogens is 250 g/mol. The van der Waals surface area contributed by atoms with E-state index in [-0.39, 0.29) is 17.7 Å². The predicted octanol–water partition coefficient (Wildman–Crippen LogP) is 1.32. The first-order chi connectivity index (χ1) is 8.95. The van der Waals surface area contributed by atoms with Crippen molar-refractivity contribution in [2.24, 2.45) is 0 Å². The number of carbonyl (C=O) groups is 3. The van der Waals surface area contributed by atoms with E-state index in [0.29, 0.717) is 13.0 Å². The molecule has 0 radical (unpaired) electrons. The van der Waals surface area contributed by atoms with Crippen molar-refractivity contribution in [3.05, 3.63) is 35.4 Å². The Hall–Kier alpha value is -2.37. The second-order valence-corrected chi connectivity index (χ2v) is 4.00. The molecule has 19 heavy (non-hydrogen) atoms. The Balaban J connectivity index is 2.89. The molecule has 0 aliphatic heterocycles. The van der Waals surface area contributed by atoms with Crippen LogP contribution in [0.4, 0.5) is 0 Å². The maximum atomic E-state index is 12.1. The molecule has 2 N–H and O–H groups in total. The summed E-state index contributed by atoms with van der Waals surface area (Å²) in [5.74, 6) is -2.57. The Kier molecular flexibility index (Phi) is 5.05. The lowest BCUT2D eigenvalue weighted by molar-refractivity contribution is -0.137. The van der Waals surface area contributed by atoms with E-state index in [1.165, 1.54) is 29.2 Å². The molecule has 0 saturated carbocycles. The molecule has 0 atom stereocenters. The van der Waals surface area contributed by atoms with E-state index in [0.717, 1.165) is 0 Å². The molecule has 0 aliphatic carbocycles. The molecule has 1 rings (SSSR count). The smallest absolute Gasteiger partial charge is 0.335 e. The third-order valence-electron chi connectivity index (χ3n) is 2.49. The van der Waals surface area contributed by atoms with Crippen LogP contribution in [0.25, 0.3) is 0 Å². The number of aliphatic carboxylic acids is 1. The molecule has 0 spiro atoms. The van der Waals surface area contributed by atoms with Crippen LogP contribution in [-0.2, 0) is 4.79 Å². The van der Waals surface area contributed by atoms with Crippen LogP contribution in [0.2, 0.25) is 0 Å². The molecule has 0 fully saturated rings. The van der Waals surface area contributed by atoms with Crippen LogP contribution in [0, 0.1) is 0 Å². The van der Waals surface area contributed by atoms with Crippen molar-refractivity contribution in [3.63, 3.8) is 0 Å². The van der Waals surface area contributed by atoms with E-state index in [1.807, 2.05) is 6.92 Å². The largest absolute Gasteiger partial charge is 0.480 e. The van der Waals surface area contributed by atoms with Crippen molar-refractivity contribution in [1.29, 1.82) is 0 Å². The molecule has 0 aromatic heterocycles. The van der Waals surface area contributed by atoms with E-state index in [2.05, 4.69) is 0 Å². The van der Waals surface area contributed by atoms with Crippen molar-refractivity contribution in [3.8, 4) is 0 Å². The SMILES string of the molecule is CCCN(CC(=O)O)C(=O)c1ccc(C(=O)O)cc1. The number of carboxylic acids is 2. The fourth-order valence-corrected chi connectivity index (χ4v) is 1.62. The summed E-state index contributed by atoms with van der Waals surface area (Å²) in [5.41, 5.74) is 0.358. The standard InChI is InChI=1S/C13H15NO5/c1-2-7-14(8-11(15)16)12(17)9-3-5-10(6-4-9)13(18)19/h3-6H,2,7-8H2,1H3,(H,15,16)(H,18,19). The summed E-state index contributed by atoms with van der Waals surface area (Å²) in [5, 5.41) is 17.5. The molecule has 0 saturated heterocycles. The molecule has 0 bridgehead atoms. The first-order valence-corrected chi connectivity index (χ1v) is 5.80. The second kappa shape index (κ2) is 6.53. The molecule has 0 heterocycles. The number of carboxylic acid groups (broad SMARTS) is 2. The summed E-state index contributed by atoms with van der Waals surface area (Å²) < 4.78 is 0. The highest BCUT2D eigenvalue weighted by Gasteiger charge is 2.17. The number of amides is 1. The summed E-state index contributed by atoms with van der Waals surface area (Å²) in [6.07, 6.45) is 0.645. The van der Waals surface area contributed by atoms with Gasteiger partial charge >= 0.3 is 11.9 Å². The lowest BCUT2D eigenvalue weighted by atomic mass is 10.1. The maximum Gasteiger partial charge on any atom is 0.335 e. The van der Waals surface area contributed by atoms with E-state index in [4.69, 9.17) is 10.2 Å². The Morgan fingerprint density at radius 3 is 2.00 bits per heavy atom. The lowest BCUT2D eigenvalue weighted by Crippen LogP contribution is -2.36. The first kappa shape index (κ1) is 14.7. The number of hydrogen-bond acceptors (Lipinski definition) is 3. The van der Waals surface area contributed by atoms with Gasteiger partial charge in [0.15, 0.2) is 0 Å². The maximum absolute atomic E-state index is 12.1. The quantitative estimate of drug-likeness (QED) is 0.808. The molecule has 1 aromatic rings. The Morgan fingerprint density at radius 1 is 1.05 bits per heavy atom. The highest BCUT2D eigenvalue weighted by Crippen LogP contribution is 2.08. The molecule has 0 unspecified atom stereocenters. The monoisotopic (exact) mass is 265 g/mol. The minimum atomic E-state index is -1.08. The topological polar surface area (TPSA) is 94.9 Å². The van der Waals surface area contributed by atoms with Gasteiger partial charge in [0.2, 0.25) is 0 Å². The van der Waals surface area contributed by atoms with Gasteiger partial charge < -0.3 is 15.1 Å². The molecule has 1 aromatic carbocycles. The third-order valence-corrected chi connectivity index (χ3v) is 2.49. The van der Waals surface area contributed by atoms with Crippen molar-refractivity contribution < 1.29 is 24.6 Å². The second-order valence-electron chi connectivity index (χ2n) is 4.00. The predicted molar refractivity (Wildman–Crippen MR) is 67.2 cm³/mol. The van der Waals surface area contributed by atoms with Gasteiger partial charge in [0.1, 0.15) is 6.54 Å². The normalized spacial score (nSPS) is 9.95. The van der Waals surface area contributed by atoms with Crippen LogP contribution in [0.15, 0.2) is 24.3 Å². The molecule has 1 amide bonds. The zero-order chi connectivity index (χ0) is 14.4. The van der Waals surface area contributed by atoms with Gasteiger partial charge in [-0.05, 0) is 30.7 Å². The average molecular weight is 265 g/mol. The van der Waals surface area contributed by atoms with E-state index >= 15 is 0 Å². The highest BCUT2D eigenvalue weighted by molar-refractivity contribution is 5.97. The lowest BCUT2D eigenvalue weighted by Gasteiger charge is -2.19. The van der Waals surface area contributed by atoms with Gasteiger partial charge in [-0.1, -0.05) is 6.92 Å². The van der Waals surface area contributed by atoms with Crippen LogP contribution < -0.4 is 0 Å². The van der Waals surface area contributed by atoms with Crippen LogP contribution in [0.5, 0.6) is 0 Å². The number of nitrogens with zero attached hydrogens (tertiary/aromatic N) is 1. The fourth-order valence-electron chi connectivity index (χ4n) is 1.62.